The van der Waals surface area contributed by atoms with Crippen molar-refractivity contribution < 1.29 is 22.3 Å². The molecule has 1 amide bonds. The number of rotatable bonds is 8. The first-order chi connectivity index (χ1) is 14.4. The largest absolute Gasteiger partial charge is 0.494 e. The van der Waals surface area contributed by atoms with Crippen molar-refractivity contribution in [1.29, 1.82) is 0 Å². The minimum atomic E-state index is -3.94. The van der Waals surface area contributed by atoms with Gasteiger partial charge in [-0.1, -0.05) is 19.1 Å². The fraction of sp³-hybridized carbons (Fsp3) is 0.136. The lowest BCUT2D eigenvalue weighted by molar-refractivity contribution is 0.102. The fourth-order valence-electron chi connectivity index (χ4n) is 2.62. The van der Waals surface area contributed by atoms with Crippen molar-refractivity contribution in [3.8, 4) is 5.75 Å². The van der Waals surface area contributed by atoms with E-state index < -0.39 is 21.7 Å². The lowest BCUT2D eigenvalue weighted by Gasteiger charge is -2.11. The van der Waals surface area contributed by atoms with Crippen molar-refractivity contribution in [1.82, 2.24) is 0 Å². The number of carbonyl (C=O) groups excluding carboxylic acids is 1. The lowest BCUT2D eigenvalue weighted by atomic mass is 10.2. The standard InChI is InChI=1S/C22H21FN2O4S/c1-2-13-29-20-7-4-6-19(15-20)24-22(26)16-5-3-8-21(14-16)30(27,28)25-18-11-9-17(23)10-12-18/h3-12,14-15,25H,2,13H2,1H3,(H,24,26). The number of sulfonamides is 1. The molecule has 3 aromatic carbocycles. The molecule has 0 aliphatic heterocycles. The zero-order chi connectivity index (χ0) is 21.6. The molecule has 0 fully saturated rings. The first kappa shape index (κ1) is 21.3. The highest BCUT2D eigenvalue weighted by atomic mass is 32.2. The Hall–Kier alpha value is -3.39. The van der Waals surface area contributed by atoms with Crippen LogP contribution in [0, 0.1) is 5.82 Å². The first-order valence-corrected chi connectivity index (χ1v) is 10.8. The summed E-state index contributed by atoms with van der Waals surface area (Å²) >= 11 is 0. The van der Waals surface area contributed by atoms with E-state index in [-0.39, 0.29) is 16.1 Å². The van der Waals surface area contributed by atoms with Gasteiger partial charge in [-0.2, -0.15) is 0 Å². The highest BCUT2D eigenvalue weighted by Crippen LogP contribution is 2.20. The zero-order valence-corrected chi connectivity index (χ0v) is 17.1. The maximum atomic E-state index is 13.0. The van der Waals surface area contributed by atoms with Crippen LogP contribution in [0.1, 0.15) is 23.7 Å². The van der Waals surface area contributed by atoms with Crippen molar-refractivity contribution in [2.24, 2.45) is 0 Å². The molecule has 0 heterocycles. The molecule has 0 aliphatic rings. The summed E-state index contributed by atoms with van der Waals surface area (Å²) in [4.78, 5) is 12.5. The van der Waals surface area contributed by atoms with Gasteiger partial charge in [-0.15, -0.1) is 0 Å². The molecule has 30 heavy (non-hydrogen) atoms. The van der Waals surface area contributed by atoms with E-state index >= 15 is 0 Å². The van der Waals surface area contributed by atoms with Gasteiger partial charge in [-0.3, -0.25) is 9.52 Å². The minimum Gasteiger partial charge on any atom is -0.494 e. The quantitative estimate of drug-likeness (QED) is 0.546. The third-order valence-corrected chi connectivity index (χ3v) is 5.45. The number of benzene rings is 3. The molecule has 0 aromatic heterocycles. The van der Waals surface area contributed by atoms with Crippen LogP contribution >= 0.6 is 0 Å². The van der Waals surface area contributed by atoms with Gasteiger partial charge in [0.1, 0.15) is 11.6 Å². The third-order valence-electron chi connectivity index (χ3n) is 4.07. The summed E-state index contributed by atoms with van der Waals surface area (Å²) < 4.78 is 46.2. The summed E-state index contributed by atoms with van der Waals surface area (Å²) in [6.07, 6.45) is 0.865. The Morgan fingerprint density at radius 1 is 0.967 bits per heavy atom. The maximum Gasteiger partial charge on any atom is 0.261 e. The van der Waals surface area contributed by atoms with Crippen LogP contribution in [0.5, 0.6) is 5.75 Å². The van der Waals surface area contributed by atoms with Crippen LogP contribution in [0.15, 0.2) is 77.7 Å². The van der Waals surface area contributed by atoms with Crippen molar-refractivity contribution >= 4 is 27.3 Å². The molecule has 3 aromatic rings. The van der Waals surface area contributed by atoms with Crippen LogP contribution < -0.4 is 14.8 Å². The Labute approximate surface area is 174 Å². The molecule has 0 unspecified atom stereocenters. The number of ether oxygens (including phenoxy) is 1. The summed E-state index contributed by atoms with van der Waals surface area (Å²) in [5.41, 5.74) is 0.929. The Bertz CT molecular complexity index is 1130. The normalized spacial score (nSPS) is 11.0. The van der Waals surface area contributed by atoms with E-state index in [1.54, 1.807) is 24.3 Å². The van der Waals surface area contributed by atoms with E-state index in [9.17, 15) is 17.6 Å². The topological polar surface area (TPSA) is 84.5 Å². The Morgan fingerprint density at radius 2 is 1.70 bits per heavy atom. The van der Waals surface area contributed by atoms with E-state index in [0.29, 0.717) is 18.0 Å². The van der Waals surface area contributed by atoms with Crippen molar-refractivity contribution in [2.75, 3.05) is 16.6 Å². The molecule has 0 atom stereocenters. The molecular weight excluding hydrogens is 407 g/mol. The number of anilines is 2. The van der Waals surface area contributed by atoms with E-state index in [4.69, 9.17) is 4.74 Å². The molecule has 0 bridgehead atoms. The second-order valence-corrected chi connectivity index (χ2v) is 8.15. The molecule has 0 spiro atoms. The summed E-state index contributed by atoms with van der Waals surface area (Å²) in [6.45, 7) is 2.57. The van der Waals surface area contributed by atoms with Gasteiger partial charge in [0, 0.05) is 23.0 Å². The lowest BCUT2D eigenvalue weighted by Crippen LogP contribution is -2.16. The molecule has 8 heteroatoms. The van der Waals surface area contributed by atoms with Crippen LogP contribution in [0.2, 0.25) is 0 Å². The second kappa shape index (κ2) is 9.41. The highest BCUT2D eigenvalue weighted by Gasteiger charge is 2.17. The Morgan fingerprint density at radius 3 is 2.43 bits per heavy atom. The summed E-state index contributed by atoms with van der Waals surface area (Å²) in [7, 11) is -3.94. The van der Waals surface area contributed by atoms with E-state index in [1.165, 1.54) is 36.4 Å². The molecule has 0 saturated heterocycles. The Kier molecular flexibility index (Phi) is 6.68. The number of nitrogens with one attached hydrogen (secondary N) is 2. The van der Waals surface area contributed by atoms with Gasteiger partial charge in [0.2, 0.25) is 0 Å². The maximum absolute atomic E-state index is 13.0. The summed E-state index contributed by atoms with van der Waals surface area (Å²) in [5, 5.41) is 2.73. The fourth-order valence-corrected chi connectivity index (χ4v) is 3.73. The van der Waals surface area contributed by atoms with E-state index in [1.807, 2.05) is 6.92 Å². The number of carbonyl (C=O) groups is 1. The average molecular weight is 428 g/mol. The highest BCUT2D eigenvalue weighted by molar-refractivity contribution is 7.92. The first-order valence-electron chi connectivity index (χ1n) is 9.30. The summed E-state index contributed by atoms with van der Waals surface area (Å²) in [6, 6.07) is 17.6. The zero-order valence-electron chi connectivity index (χ0n) is 16.3. The smallest absolute Gasteiger partial charge is 0.261 e. The molecule has 6 nitrogen and oxygen atoms in total. The van der Waals surface area contributed by atoms with Gasteiger partial charge in [0.25, 0.3) is 15.9 Å². The summed E-state index contributed by atoms with van der Waals surface area (Å²) in [5.74, 6) is -0.295. The van der Waals surface area contributed by atoms with Gasteiger partial charge in [0.05, 0.1) is 11.5 Å². The predicted octanol–water partition coefficient (Wildman–Crippen LogP) is 4.67. The van der Waals surface area contributed by atoms with Gasteiger partial charge in [-0.05, 0) is 61.0 Å². The number of halogens is 1. The van der Waals surface area contributed by atoms with Crippen LogP contribution in [0.25, 0.3) is 0 Å². The van der Waals surface area contributed by atoms with Gasteiger partial charge >= 0.3 is 0 Å². The average Bonchev–Trinajstić information content (AvgIpc) is 2.74. The second-order valence-electron chi connectivity index (χ2n) is 6.47. The Balaban J connectivity index is 1.75. The molecule has 3 rings (SSSR count). The van der Waals surface area contributed by atoms with Gasteiger partial charge in [-0.25, -0.2) is 12.8 Å². The monoisotopic (exact) mass is 428 g/mol. The van der Waals surface area contributed by atoms with Gasteiger partial charge in [0.15, 0.2) is 0 Å². The number of amides is 1. The third kappa shape index (κ3) is 5.57. The molecule has 2 N–H and O–H groups in total. The molecule has 156 valence electrons. The van der Waals surface area contributed by atoms with Crippen LogP contribution in [-0.4, -0.2) is 20.9 Å². The van der Waals surface area contributed by atoms with Crippen LogP contribution in [-0.2, 0) is 10.0 Å². The molecule has 0 saturated carbocycles. The number of hydrogen-bond acceptors (Lipinski definition) is 4. The minimum absolute atomic E-state index is 0.0838. The van der Waals surface area contributed by atoms with E-state index in [2.05, 4.69) is 10.0 Å². The van der Waals surface area contributed by atoms with Crippen molar-refractivity contribution in [2.45, 2.75) is 18.2 Å². The number of hydrogen-bond donors (Lipinski definition) is 2. The van der Waals surface area contributed by atoms with Crippen LogP contribution in [0.4, 0.5) is 15.8 Å². The van der Waals surface area contributed by atoms with Crippen LogP contribution in [0.3, 0.4) is 0 Å². The van der Waals surface area contributed by atoms with Gasteiger partial charge < -0.3 is 10.1 Å². The van der Waals surface area contributed by atoms with E-state index in [0.717, 1.165) is 18.6 Å². The molecule has 0 radical (unpaired) electrons. The predicted molar refractivity (Wildman–Crippen MR) is 114 cm³/mol. The van der Waals surface area contributed by atoms with Crippen molar-refractivity contribution in [3.63, 3.8) is 0 Å². The molecule has 0 aliphatic carbocycles. The SMILES string of the molecule is CCCOc1cccc(NC(=O)c2cccc(S(=O)(=O)Nc3ccc(F)cc3)c2)c1. The van der Waals surface area contributed by atoms with Crippen molar-refractivity contribution in [3.05, 3.63) is 84.2 Å². The molecular formula is C22H21FN2O4S.